The number of hydrogen-bond acceptors (Lipinski definition) is 2. The predicted octanol–water partition coefficient (Wildman–Crippen LogP) is 2.50. The van der Waals surface area contributed by atoms with Crippen LogP contribution in [0.3, 0.4) is 0 Å². The van der Waals surface area contributed by atoms with Gasteiger partial charge in [-0.25, -0.2) is 0 Å². The third-order valence-corrected chi connectivity index (χ3v) is 2.55. The highest BCUT2D eigenvalue weighted by atomic mass is 79.9. The number of carbonyl (C=O) groups is 1. The molecular weight excluding hydrogens is 230 g/mol. The van der Waals surface area contributed by atoms with E-state index in [1.54, 1.807) is 0 Å². The Bertz CT molecular complexity index is 323. The molecule has 0 unspecified atom stereocenters. The van der Waals surface area contributed by atoms with Crippen molar-refractivity contribution in [3.8, 4) is 0 Å². The highest BCUT2D eigenvalue weighted by Gasteiger charge is 2.07. The molecule has 2 N–H and O–H groups in total. The smallest absolute Gasteiger partial charge is 0.163 e. The van der Waals surface area contributed by atoms with E-state index in [0.29, 0.717) is 13.0 Å². The van der Waals surface area contributed by atoms with Gasteiger partial charge in [-0.2, -0.15) is 0 Å². The quantitative estimate of drug-likeness (QED) is 0.827. The third kappa shape index (κ3) is 2.39. The van der Waals surface area contributed by atoms with Crippen LogP contribution in [0, 0.1) is 0 Å². The molecule has 2 nitrogen and oxygen atoms in total. The van der Waals surface area contributed by atoms with Crippen LogP contribution in [0.25, 0.3) is 0 Å². The van der Waals surface area contributed by atoms with Gasteiger partial charge >= 0.3 is 0 Å². The van der Waals surface area contributed by atoms with Crippen molar-refractivity contribution in [3.05, 3.63) is 33.8 Å². The van der Waals surface area contributed by atoms with Crippen molar-refractivity contribution in [2.45, 2.75) is 19.9 Å². The van der Waals surface area contributed by atoms with Gasteiger partial charge in [0.15, 0.2) is 5.78 Å². The fourth-order valence-electron chi connectivity index (χ4n) is 1.10. The number of hydrogen-bond donors (Lipinski definition) is 1. The highest BCUT2D eigenvalue weighted by Crippen LogP contribution is 2.19. The molecule has 0 aliphatic rings. The summed E-state index contributed by atoms with van der Waals surface area (Å²) in [6.45, 7) is 2.35. The third-order valence-electron chi connectivity index (χ3n) is 1.89. The molecule has 1 aromatic carbocycles. The molecule has 0 saturated carbocycles. The zero-order valence-electron chi connectivity index (χ0n) is 7.51. The highest BCUT2D eigenvalue weighted by molar-refractivity contribution is 9.10. The molecule has 0 fully saturated rings. The molecule has 0 aliphatic heterocycles. The Labute approximate surface area is 86.3 Å². The van der Waals surface area contributed by atoms with Crippen molar-refractivity contribution in [1.29, 1.82) is 0 Å². The van der Waals surface area contributed by atoms with Crippen molar-refractivity contribution < 1.29 is 4.79 Å². The summed E-state index contributed by atoms with van der Waals surface area (Å²) >= 11 is 3.35. The molecule has 3 heteroatoms. The van der Waals surface area contributed by atoms with E-state index >= 15 is 0 Å². The average molecular weight is 242 g/mol. The van der Waals surface area contributed by atoms with Gasteiger partial charge < -0.3 is 5.73 Å². The maximum atomic E-state index is 11.4. The van der Waals surface area contributed by atoms with Gasteiger partial charge in [-0.1, -0.05) is 28.9 Å². The molecule has 0 spiro atoms. The lowest BCUT2D eigenvalue weighted by molar-refractivity contribution is 0.0987. The Morgan fingerprint density at radius 1 is 1.54 bits per heavy atom. The lowest BCUT2D eigenvalue weighted by atomic mass is 10.1. The molecule has 0 heterocycles. The Hall–Kier alpha value is -0.670. The molecule has 0 radical (unpaired) electrons. The van der Waals surface area contributed by atoms with Crippen LogP contribution in [0.1, 0.15) is 29.3 Å². The SMILES string of the molecule is CCC(=O)c1ccc(CN)cc1Br. The van der Waals surface area contributed by atoms with Gasteiger partial charge in [0.05, 0.1) is 0 Å². The van der Waals surface area contributed by atoms with Crippen LogP contribution in [0.5, 0.6) is 0 Å². The first-order valence-corrected chi connectivity index (χ1v) is 5.00. The Kier molecular flexibility index (Phi) is 3.63. The number of rotatable bonds is 3. The first-order chi connectivity index (χ1) is 6.19. The molecular formula is C10H12BrNO. The monoisotopic (exact) mass is 241 g/mol. The summed E-state index contributed by atoms with van der Waals surface area (Å²) in [7, 11) is 0. The van der Waals surface area contributed by atoms with Crippen LogP contribution in [0.15, 0.2) is 22.7 Å². The largest absolute Gasteiger partial charge is 0.326 e. The maximum Gasteiger partial charge on any atom is 0.163 e. The van der Waals surface area contributed by atoms with Gasteiger partial charge in [-0.3, -0.25) is 4.79 Å². The molecule has 0 aliphatic carbocycles. The van der Waals surface area contributed by atoms with Crippen molar-refractivity contribution in [3.63, 3.8) is 0 Å². The molecule has 1 rings (SSSR count). The van der Waals surface area contributed by atoms with Crippen molar-refractivity contribution in [1.82, 2.24) is 0 Å². The van der Waals surface area contributed by atoms with Crippen LogP contribution < -0.4 is 5.73 Å². The van der Waals surface area contributed by atoms with Crippen molar-refractivity contribution in [2.24, 2.45) is 5.73 Å². The second-order valence-corrected chi connectivity index (χ2v) is 3.65. The fraction of sp³-hybridized carbons (Fsp3) is 0.300. The Balaban J connectivity index is 3.05. The van der Waals surface area contributed by atoms with E-state index in [9.17, 15) is 4.79 Å². The number of benzene rings is 1. The second kappa shape index (κ2) is 4.53. The summed E-state index contributed by atoms with van der Waals surface area (Å²) in [6.07, 6.45) is 0.528. The molecule has 0 amide bonds. The second-order valence-electron chi connectivity index (χ2n) is 2.80. The summed E-state index contributed by atoms with van der Waals surface area (Å²) in [6, 6.07) is 5.59. The zero-order chi connectivity index (χ0) is 9.84. The zero-order valence-corrected chi connectivity index (χ0v) is 9.10. The van der Waals surface area contributed by atoms with E-state index in [1.165, 1.54) is 0 Å². The number of carbonyl (C=O) groups excluding carboxylic acids is 1. The summed E-state index contributed by atoms with van der Waals surface area (Å²) < 4.78 is 0.835. The summed E-state index contributed by atoms with van der Waals surface area (Å²) in [4.78, 5) is 11.4. The van der Waals surface area contributed by atoms with Gasteiger partial charge in [0.25, 0.3) is 0 Å². The van der Waals surface area contributed by atoms with E-state index in [-0.39, 0.29) is 5.78 Å². The number of halogens is 1. The van der Waals surface area contributed by atoms with Gasteiger partial charge in [0, 0.05) is 23.0 Å². The van der Waals surface area contributed by atoms with E-state index < -0.39 is 0 Å². The maximum absolute atomic E-state index is 11.4. The van der Waals surface area contributed by atoms with Gasteiger partial charge in [0.1, 0.15) is 0 Å². The molecule has 1 aromatic rings. The lowest BCUT2D eigenvalue weighted by Crippen LogP contribution is -2.01. The topological polar surface area (TPSA) is 43.1 Å². The lowest BCUT2D eigenvalue weighted by Gasteiger charge is -2.03. The molecule has 0 aromatic heterocycles. The predicted molar refractivity (Wildman–Crippen MR) is 56.7 cm³/mol. The van der Waals surface area contributed by atoms with Gasteiger partial charge in [0.2, 0.25) is 0 Å². The van der Waals surface area contributed by atoms with E-state index in [4.69, 9.17) is 5.73 Å². The van der Waals surface area contributed by atoms with Crippen molar-refractivity contribution in [2.75, 3.05) is 0 Å². The van der Waals surface area contributed by atoms with Crippen LogP contribution in [0.2, 0.25) is 0 Å². The molecule has 13 heavy (non-hydrogen) atoms. The van der Waals surface area contributed by atoms with Crippen LogP contribution in [-0.4, -0.2) is 5.78 Å². The molecule has 70 valence electrons. The van der Waals surface area contributed by atoms with Gasteiger partial charge in [-0.05, 0) is 17.7 Å². The molecule has 0 saturated heterocycles. The number of nitrogens with two attached hydrogens (primary N) is 1. The van der Waals surface area contributed by atoms with E-state index in [1.807, 2.05) is 25.1 Å². The normalized spacial score (nSPS) is 10.1. The van der Waals surface area contributed by atoms with E-state index in [2.05, 4.69) is 15.9 Å². The standard InChI is InChI=1S/C10H12BrNO/c1-2-10(13)8-4-3-7(6-12)5-9(8)11/h3-5H,2,6,12H2,1H3. The summed E-state index contributed by atoms with van der Waals surface area (Å²) in [5.74, 6) is 0.149. The van der Waals surface area contributed by atoms with E-state index in [0.717, 1.165) is 15.6 Å². The Morgan fingerprint density at radius 3 is 2.69 bits per heavy atom. The van der Waals surface area contributed by atoms with Gasteiger partial charge in [-0.15, -0.1) is 0 Å². The first-order valence-electron chi connectivity index (χ1n) is 4.20. The molecule has 0 bridgehead atoms. The average Bonchev–Trinajstić information content (AvgIpc) is 2.16. The first kappa shape index (κ1) is 10.4. The van der Waals surface area contributed by atoms with Crippen LogP contribution in [-0.2, 0) is 6.54 Å². The summed E-state index contributed by atoms with van der Waals surface area (Å²) in [5, 5.41) is 0. The number of Topliss-reactive ketones (excluding diaryl/α,β-unsaturated/α-hetero) is 1. The van der Waals surface area contributed by atoms with Crippen LogP contribution >= 0.6 is 15.9 Å². The Morgan fingerprint density at radius 2 is 2.23 bits per heavy atom. The number of ketones is 1. The minimum absolute atomic E-state index is 0.149. The molecule has 0 atom stereocenters. The van der Waals surface area contributed by atoms with Crippen molar-refractivity contribution >= 4 is 21.7 Å². The minimum Gasteiger partial charge on any atom is -0.326 e. The van der Waals surface area contributed by atoms with Crippen LogP contribution in [0.4, 0.5) is 0 Å². The summed E-state index contributed by atoms with van der Waals surface area (Å²) in [5.41, 5.74) is 7.23. The fourth-order valence-corrected chi connectivity index (χ4v) is 1.75. The minimum atomic E-state index is 0.149.